The van der Waals surface area contributed by atoms with Gasteiger partial charge in [0.15, 0.2) is 11.5 Å². The molecule has 0 aromatic heterocycles. The smallest absolute Gasteiger partial charge is 0.247 e. The summed E-state index contributed by atoms with van der Waals surface area (Å²) in [5, 5.41) is 34.0. The summed E-state index contributed by atoms with van der Waals surface area (Å²) in [5.74, 6) is -0.358. The van der Waals surface area contributed by atoms with E-state index in [-0.39, 0.29) is 32.2 Å². The van der Waals surface area contributed by atoms with E-state index in [4.69, 9.17) is 9.47 Å². The predicted octanol–water partition coefficient (Wildman–Crippen LogP) is 5.07. The molecule has 1 heterocycles. The average molecular weight is 637 g/mol. The van der Waals surface area contributed by atoms with Crippen LogP contribution in [0.2, 0.25) is 0 Å². The number of hydrogen-bond donors (Lipinski definition) is 4. The predicted molar refractivity (Wildman–Crippen MR) is 178 cm³/mol. The van der Waals surface area contributed by atoms with Gasteiger partial charge in [0.1, 0.15) is 12.2 Å². The number of ether oxygens (including phenoxy) is 2. The summed E-state index contributed by atoms with van der Waals surface area (Å²) < 4.78 is 11.9. The Kier molecular flexibility index (Phi) is 13.5. The molecule has 0 bridgehead atoms. The van der Waals surface area contributed by atoms with Gasteiger partial charge >= 0.3 is 0 Å². The molecule has 2 aromatic carbocycles. The van der Waals surface area contributed by atoms with E-state index in [1.165, 1.54) is 45.6 Å². The Morgan fingerprint density at radius 2 is 1.63 bits per heavy atom. The Morgan fingerprint density at radius 1 is 0.957 bits per heavy atom. The molecule has 4 N–H and O–H groups in total. The maximum absolute atomic E-state index is 14.0. The van der Waals surface area contributed by atoms with Crippen molar-refractivity contribution >= 4 is 11.8 Å². The van der Waals surface area contributed by atoms with Gasteiger partial charge in [-0.3, -0.25) is 9.59 Å². The molecule has 46 heavy (non-hydrogen) atoms. The highest BCUT2D eigenvalue weighted by Gasteiger charge is 2.51. The molecule has 4 unspecified atom stereocenters. The summed E-state index contributed by atoms with van der Waals surface area (Å²) in [5.41, 5.74) is 3.58. The number of methoxy groups -OCH3 is 1. The van der Waals surface area contributed by atoms with Crippen LogP contribution in [0.1, 0.15) is 99.3 Å². The zero-order valence-corrected chi connectivity index (χ0v) is 27.7. The van der Waals surface area contributed by atoms with Crippen LogP contribution in [0.5, 0.6) is 11.5 Å². The van der Waals surface area contributed by atoms with Gasteiger partial charge in [-0.05, 0) is 42.7 Å². The van der Waals surface area contributed by atoms with E-state index in [0.29, 0.717) is 34.6 Å². The first kappa shape index (κ1) is 35.5. The molecular formula is C37H52N2O7. The van der Waals surface area contributed by atoms with Crippen molar-refractivity contribution in [3.05, 3.63) is 70.3 Å². The third-order valence-corrected chi connectivity index (χ3v) is 9.14. The Bertz CT molecular complexity index is 1330. The minimum atomic E-state index is -1.15. The fourth-order valence-electron chi connectivity index (χ4n) is 6.60. The maximum atomic E-state index is 14.0. The molecule has 0 spiro atoms. The third kappa shape index (κ3) is 8.69. The number of amides is 2. The zero-order chi connectivity index (χ0) is 33.1. The lowest BCUT2D eigenvalue weighted by molar-refractivity contribution is -0.138. The van der Waals surface area contributed by atoms with Crippen molar-refractivity contribution in [1.82, 2.24) is 10.2 Å². The monoisotopic (exact) mass is 636 g/mol. The minimum absolute atomic E-state index is 0.0547. The number of aliphatic hydroxyl groups excluding tert-OH is 3. The van der Waals surface area contributed by atoms with Crippen LogP contribution < -0.4 is 14.8 Å². The van der Waals surface area contributed by atoms with E-state index in [0.717, 1.165) is 30.4 Å². The molecule has 1 aliphatic heterocycles. The highest BCUT2D eigenvalue weighted by atomic mass is 16.5. The van der Waals surface area contributed by atoms with Gasteiger partial charge in [0, 0.05) is 30.6 Å². The van der Waals surface area contributed by atoms with Crippen LogP contribution in [0.15, 0.2) is 48.0 Å². The molecule has 9 nitrogen and oxygen atoms in total. The van der Waals surface area contributed by atoms with Gasteiger partial charge in [0.05, 0.1) is 32.3 Å². The molecule has 4 rings (SSSR count). The molecule has 0 radical (unpaired) electrons. The van der Waals surface area contributed by atoms with Crippen LogP contribution in [-0.2, 0) is 22.7 Å². The van der Waals surface area contributed by atoms with Crippen LogP contribution in [0.25, 0.3) is 0 Å². The van der Waals surface area contributed by atoms with Crippen LogP contribution >= 0.6 is 0 Å². The van der Waals surface area contributed by atoms with Crippen LogP contribution in [-0.4, -0.2) is 70.5 Å². The standard InChI is InChI=1S/C37H52N2O7/c1-4-5-6-7-8-9-10-11-12-13-32(42)39(23-26-16-14-25(2)15-17-26)30-22-29(37(44)38-18-19-40)33-28-20-27(24-41)21-31(45-3)35(28)46-36(33)34(30)43/h14-17,20-22,30,33-34,36,40-41,43H,4-13,18-19,23-24H2,1-3H3,(H,38,44). The van der Waals surface area contributed by atoms with Crippen molar-refractivity contribution in [2.75, 3.05) is 20.3 Å². The number of hydrogen-bond acceptors (Lipinski definition) is 7. The van der Waals surface area contributed by atoms with Gasteiger partial charge in [0.2, 0.25) is 11.8 Å². The number of aliphatic hydroxyl groups is 3. The number of benzene rings is 2. The molecule has 1 aliphatic carbocycles. The highest BCUT2D eigenvalue weighted by Crippen LogP contribution is 2.51. The van der Waals surface area contributed by atoms with E-state index in [1.54, 1.807) is 23.1 Å². The van der Waals surface area contributed by atoms with Crippen molar-refractivity contribution in [2.24, 2.45) is 0 Å². The first-order valence-electron chi connectivity index (χ1n) is 16.9. The van der Waals surface area contributed by atoms with Gasteiger partial charge in [-0.1, -0.05) is 88.1 Å². The Morgan fingerprint density at radius 3 is 2.26 bits per heavy atom. The molecule has 2 aliphatic rings. The molecule has 2 aromatic rings. The average Bonchev–Trinajstić information content (AvgIpc) is 3.46. The molecule has 0 fully saturated rings. The van der Waals surface area contributed by atoms with Crippen molar-refractivity contribution in [2.45, 2.75) is 115 Å². The third-order valence-electron chi connectivity index (χ3n) is 9.14. The molecule has 0 saturated carbocycles. The quantitative estimate of drug-likeness (QED) is 0.168. The summed E-state index contributed by atoms with van der Waals surface area (Å²) >= 11 is 0. The molecule has 4 atom stereocenters. The molecule has 0 saturated heterocycles. The fourth-order valence-corrected chi connectivity index (χ4v) is 6.60. The van der Waals surface area contributed by atoms with Gasteiger partial charge < -0.3 is 35.0 Å². The molecular weight excluding hydrogens is 584 g/mol. The number of aryl methyl sites for hydroxylation is 1. The number of nitrogens with zero attached hydrogens (tertiary/aromatic N) is 1. The van der Waals surface area contributed by atoms with E-state index >= 15 is 0 Å². The Labute approximate surface area is 273 Å². The Hall–Kier alpha value is -3.40. The minimum Gasteiger partial charge on any atom is -0.493 e. The van der Waals surface area contributed by atoms with Crippen molar-refractivity contribution in [1.29, 1.82) is 0 Å². The normalized spacial score (nSPS) is 19.9. The second-order valence-corrected chi connectivity index (χ2v) is 12.6. The summed E-state index contributed by atoms with van der Waals surface area (Å²) in [7, 11) is 1.50. The van der Waals surface area contributed by atoms with E-state index in [2.05, 4.69) is 12.2 Å². The number of carbonyl (C=O) groups is 2. The first-order valence-corrected chi connectivity index (χ1v) is 16.9. The lowest BCUT2D eigenvalue weighted by Crippen LogP contribution is -2.55. The summed E-state index contributed by atoms with van der Waals surface area (Å²) in [4.78, 5) is 29.3. The van der Waals surface area contributed by atoms with Crippen molar-refractivity contribution in [3.63, 3.8) is 0 Å². The van der Waals surface area contributed by atoms with E-state index < -0.39 is 30.1 Å². The fraction of sp³-hybridized carbons (Fsp3) is 0.568. The van der Waals surface area contributed by atoms with Gasteiger partial charge in [-0.25, -0.2) is 0 Å². The number of fused-ring (bicyclic) bond motifs is 3. The Balaban J connectivity index is 1.62. The molecule has 9 heteroatoms. The maximum Gasteiger partial charge on any atom is 0.247 e. The summed E-state index contributed by atoms with van der Waals surface area (Å²) in [6.07, 6.45) is 10.3. The lowest BCUT2D eigenvalue weighted by Gasteiger charge is -2.41. The topological polar surface area (TPSA) is 129 Å². The highest BCUT2D eigenvalue weighted by molar-refractivity contribution is 5.96. The number of carbonyl (C=O) groups excluding carboxylic acids is 2. The first-order chi connectivity index (χ1) is 22.3. The van der Waals surface area contributed by atoms with Gasteiger partial charge in [0.25, 0.3) is 0 Å². The van der Waals surface area contributed by atoms with Crippen molar-refractivity contribution in [3.8, 4) is 11.5 Å². The molecule has 2 amide bonds. The summed E-state index contributed by atoms with van der Waals surface area (Å²) in [6.45, 7) is 4.08. The SMILES string of the molecule is CCCCCCCCCCCC(=O)N(Cc1ccc(C)cc1)C1C=C(C(=O)NCCO)C2c3cc(CO)cc(OC)c3OC2C1O. The summed E-state index contributed by atoms with van der Waals surface area (Å²) in [6, 6.07) is 10.6. The van der Waals surface area contributed by atoms with Crippen LogP contribution in [0.3, 0.4) is 0 Å². The van der Waals surface area contributed by atoms with E-state index in [1.807, 2.05) is 31.2 Å². The number of nitrogens with one attached hydrogen (secondary N) is 1. The second-order valence-electron chi connectivity index (χ2n) is 12.6. The largest absolute Gasteiger partial charge is 0.493 e. The lowest BCUT2D eigenvalue weighted by atomic mass is 9.77. The molecule has 252 valence electrons. The number of rotatable bonds is 18. The second kappa shape index (κ2) is 17.5. The van der Waals surface area contributed by atoms with Gasteiger partial charge in [-0.15, -0.1) is 0 Å². The van der Waals surface area contributed by atoms with E-state index in [9.17, 15) is 24.9 Å². The number of unbranched alkanes of at least 4 members (excludes halogenated alkanes) is 8. The van der Waals surface area contributed by atoms with Crippen molar-refractivity contribution < 1.29 is 34.4 Å². The van der Waals surface area contributed by atoms with Crippen LogP contribution in [0.4, 0.5) is 0 Å². The van der Waals surface area contributed by atoms with Crippen LogP contribution in [0, 0.1) is 6.92 Å². The van der Waals surface area contributed by atoms with Gasteiger partial charge in [-0.2, -0.15) is 0 Å². The zero-order valence-electron chi connectivity index (χ0n) is 27.7.